The zero-order chi connectivity index (χ0) is 46.9. The van der Waals surface area contributed by atoms with Crippen molar-refractivity contribution >= 4 is 72.8 Å². The van der Waals surface area contributed by atoms with Crippen LogP contribution in [-0.2, 0) is 51.3 Å². The topological polar surface area (TPSA) is 151 Å². The molecule has 0 aromatic heterocycles. The van der Waals surface area contributed by atoms with Crippen molar-refractivity contribution in [3.8, 4) is 0 Å². The molecule has 10 nitrogen and oxygen atoms in total. The van der Waals surface area contributed by atoms with Crippen LogP contribution in [0.3, 0.4) is 0 Å². The first-order chi connectivity index (χ1) is 31.0. The molecule has 2 rings (SSSR count). The molecule has 0 saturated carbocycles. The molecule has 0 aliphatic rings. The maximum absolute atomic E-state index is 11.2. The SMILES string of the molecule is CCCCC(CCCCCCCCCC(CCC(=O)[O-])OC(C)=O)OCc1ccccc1.CCCCC(CCCCCCCCCC(CCC(=O)[O-])OC(C)=O)OCc1ccccc1.[Ba+2]. The van der Waals surface area contributed by atoms with Gasteiger partial charge in [0.15, 0.2) is 0 Å². The summed E-state index contributed by atoms with van der Waals surface area (Å²) in [5.41, 5.74) is 2.48. The van der Waals surface area contributed by atoms with Gasteiger partial charge in [-0.2, -0.15) is 0 Å². The van der Waals surface area contributed by atoms with Crippen molar-refractivity contribution in [1.29, 1.82) is 0 Å². The van der Waals surface area contributed by atoms with Crippen molar-refractivity contribution in [2.75, 3.05) is 0 Å². The van der Waals surface area contributed by atoms with E-state index in [2.05, 4.69) is 62.4 Å². The maximum atomic E-state index is 11.2. The summed E-state index contributed by atoms with van der Waals surface area (Å²) >= 11 is 0. The van der Waals surface area contributed by atoms with E-state index in [1.54, 1.807) is 0 Å². The van der Waals surface area contributed by atoms with Crippen molar-refractivity contribution in [3.05, 3.63) is 71.8 Å². The second-order valence-corrected chi connectivity index (χ2v) is 17.5. The number of ether oxygens (including phenoxy) is 4. The molecule has 0 aliphatic carbocycles. The zero-order valence-corrected chi connectivity index (χ0v) is 45.5. The van der Waals surface area contributed by atoms with E-state index >= 15 is 0 Å². The van der Waals surface area contributed by atoms with E-state index in [0.717, 1.165) is 77.0 Å². The number of carbonyl (C=O) groups excluding carboxylic acids is 4. The summed E-state index contributed by atoms with van der Waals surface area (Å²) in [5.74, 6) is -2.88. The summed E-state index contributed by atoms with van der Waals surface area (Å²) in [4.78, 5) is 43.6. The number of carbonyl (C=O) groups is 4. The second-order valence-electron chi connectivity index (χ2n) is 17.5. The Hall–Kier alpha value is -2.19. The Morgan fingerprint density at radius 3 is 0.969 bits per heavy atom. The van der Waals surface area contributed by atoms with E-state index in [0.29, 0.717) is 38.3 Å². The van der Waals surface area contributed by atoms with Gasteiger partial charge in [0.2, 0.25) is 0 Å². The molecule has 4 unspecified atom stereocenters. The zero-order valence-electron chi connectivity index (χ0n) is 41.1. The predicted molar refractivity (Wildman–Crippen MR) is 258 cm³/mol. The van der Waals surface area contributed by atoms with Crippen LogP contribution in [0.2, 0.25) is 0 Å². The van der Waals surface area contributed by atoms with Crippen molar-refractivity contribution in [2.45, 2.75) is 245 Å². The Bertz CT molecular complexity index is 1320. The van der Waals surface area contributed by atoms with E-state index < -0.39 is 11.9 Å². The van der Waals surface area contributed by atoms with E-state index in [-0.39, 0.29) is 85.9 Å². The predicted octanol–water partition coefficient (Wildman–Crippen LogP) is 11.1. The van der Waals surface area contributed by atoms with Crippen LogP contribution in [0, 0.1) is 0 Å². The number of hydrogen-bond acceptors (Lipinski definition) is 10. The van der Waals surface area contributed by atoms with Crippen LogP contribution >= 0.6 is 0 Å². The van der Waals surface area contributed by atoms with Gasteiger partial charge in [-0.25, -0.2) is 0 Å². The number of carboxylic acids is 2. The molecule has 0 amide bonds. The van der Waals surface area contributed by atoms with Crippen LogP contribution in [0.15, 0.2) is 60.7 Å². The quantitative estimate of drug-likeness (QED) is 0.0358. The van der Waals surface area contributed by atoms with Gasteiger partial charge in [0.05, 0.1) is 25.4 Å². The molecule has 364 valence electrons. The van der Waals surface area contributed by atoms with Crippen LogP contribution in [0.4, 0.5) is 0 Å². The Morgan fingerprint density at radius 1 is 0.415 bits per heavy atom. The molecule has 4 atom stereocenters. The first-order valence-corrected chi connectivity index (χ1v) is 25.1. The van der Waals surface area contributed by atoms with Crippen LogP contribution in [-0.4, -0.2) is 97.2 Å². The number of hydrogen-bond donors (Lipinski definition) is 0. The van der Waals surface area contributed by atoms with Crippen molar-refractivity contribution in [3.63, 3.8) is 0 Å². The first kappa shape index (κ1) is 62.8. The van der Waals surface area contributed by atoms with Crippen LogP contribution in [0.1, 0.15) is 219 Å². The Morgan fingerprint density at radius 2 is 0.692 bits per heavy atom. The van der Waals surface area contributed by atoms with E-state index in [9.17, 15) is 29.4 Å². The minimum absolute atomic E-state index is 0. The molecule has 0 saturated heterocycles. The second kappa shape index (κ2) is 44.3. The molecule has 0 aliphatic heterocycles. The van der Waals surface area contributed by atoms with Crippen LogP contribution in [0.5, 0.6) is 0 Å². The van der Waals surface area contributed by atoms with Gasteiger partial charge in [0, 0.05) is 25.8 Å². The number of aliphatic carboxylic acids is 2. The van der Waals surface area contributed by atoms with Gasteiger partial charge >= 0.3 is 60.8 Å². The van der Waals surface area contributed by atoms with Crippen molar-refractivity contribution in [2.24, 2.45) is 0 Å². The number of carboxylic acid groups (broad SMARTS) is 2. The molecular formula is C54H86BaO10. The average Bonchev–Trinajstić information content (AvgIpc) is 3.27. The Kier molecular flexibility index (Phi) is 42.8. The molecule has 2 aromatic rings. The molecule has 0 N–H and O–H groups in total. The third-order valence-corrected chi connectivity index (χ3v) is 11.5. The van der Waals surface area contributed by atoms with Gasteiger partial charge in [-0.3, -0.25) is 9.59 Å². The molecular weight excluding hydrogens is 946 g/mol. The van der Waals surface area contributed by atoms with Crippen molar-refractivity contribution < 1.29 is 48.3 Å². The van der Waals surface area contributed by atoms with E-state index in [1.807, 2.05) is 12.1 Å². The largest absolute Gasteiger partial charge is 2.00 e. The van der Waals surface area contributed by atoms with Gasteiger partial charge < -0.3 is 38.7 Å². The molecule has 65 heavy (non-hydrogen) atoms. The fraction of sp³-hybridized carbons (Fsp3) is 0.704. The summed E-state index contributed by atoms with van der Waals surface area (Å²) in [6.07, 6.45) is 27.7. The number of rotatable bonds is 40. The standard InChI is InChI=1S/2C27H44O5.Ba/c2*1-3-4-17-25(31-22-24-15-11-10-12-16-24)18-13-8-6-5-7-9-14-19-26(32-23(2)28)20-21-27(29)30;/h2*10-12,15-16,25-26H,3-9,13-14,17-22H2,1-2H3,(H,29,30);/q;;+2/p-2. The molecule has 0 bridgehead atoms. The molecule has 0 heterocycles. The summed E-state index contributed by atoms with van der Waals surface area (Å²) in [5, 5.41) is 21.3. The molecule has 0 spiro atoms. The van der Waals surface area contributed by atoms with Crippen LogP contribution in [0.25, 0.3) is 0 Å². The Balaban J connectivity index is 0.00000124. The summed E-state index contributed by atoms with van der Waals surface area (Å²) in [6, 6.07) is 20.8. The smallest absolute Gasteiger partial charge is 0.550 e. The van der Waals surface area contributed by atoms with Gasteiger partial charge in [-0.1, -0.05) is 177 Å². The van der Waals surface area contributed by atoms with Crippen molar-refractivity contribution in [1.82, 2.24) is 0 Å². The normalized spacial score (nSPS) is 12.7. The fourth-order valence-corrected chi connectivity index (χ4v) is 7.87. The monoisotopic (exact) mass is 1030 g/mol. The third-order valence-electron chi connectivity index (χ3n) is 11.5. The molecule has 11 heteroatoms. The first-order valence-electron chi connectivity index (χ1n) is 25.1. The fourth-order valence-electron chi connectivity index (χ4n) is 7.87. The third kappa shape index (κ3) is 40.6. The van der Waals surface area contributed by atoms with Crippen LogP contribution < -0.4 is 10.2 Å². The van der Waals surface area contributed by atoms with E-state index in [1.165, 1.54) is 102 Å². The molecule has 2 aromatic carbocycles. The molecule has 0 radical (unpaired) electrons. The van der Waals surface area contributed by atoms with Gasteiger partial charge in [0.1, 0.15) is 12.2 Å². The Labute approximate surface area is 434 Å². The van der Waals surface area contributed by atoms with E-state index in [4.69, 9.17) is 18.9 Å². The minimum atomic E-state index is -1.09. The maximum Gasteiger partial charge on any atom is 2.00 e. The van der Waals surface area contributed by atoms with Gasteiger partial charge in [0.25, 0.3) is 0 Å². The average molecular weight is 1030 g/mol. The number of unbranched alkanes of at least 4 members (excludes halogenated alkanes) is 14. The minimum Gasteiger partial charge on any atom is -0.550 e. The van der Waals surface area contributed by atoms with Gasteiger partial charge in [-0.15, -0.1) is 0 Å². The molecule has 0 fully saturated rings. The summed E-state index contributed by atoms with van der Waals surface area (Å²) < 4.78 is 22.8. The number of esters is 2. The summed E-state index contributed by atoms with van der Waals surface area (Å²) in [7, 11) is 0. The van der Waals surface area contributed by atoms with Gasteiger partial charge in [-0.05, 0) is 88.2 Å². The summed E-state index contributed by atoms with van der Waals surface area (Å²) in [6.45, 7) is 8.59. The number of benzene rings is 2.